The van der Waals surface area contributed by atoms with E-state index in [-0.39, 0.29) is 6.04 Å². The largest absolute Gasteiger partial charge is 0.378 e. The Balaban J connectivity index is 1.45. The van der Waals surface area contributed by atoms with Crippen molar-refractivity contribution in [2.45, 2.75) is 18.9 Å². The molecular formula is C19H22BrN7O. The number of aromatic nitrogens is 3. The molecule has 146 valence electrons. The molecule has 2 aliphatic heterocycles. The van der Waals surface area contributed by atoms with Gasteiger partial charge in [-0.05, 0) is 40.9 Å². The number of ether oxygens (including phenoxy) is 1. The summed E-state index contributed by atoms with van der Waals surface area (Å²) in [5.74, 6) is 2.31. The predicted octanol–water partition coefficient (Wildman–Crippen LogP) is 2.42. The third kappa shape index (κ3) is 4.34. The molecule has 0 spiro atoms. The third-order valence-corrected chi connectivity index (χ3v) is 5.40. The second-order valence-corrected chi connectivity index (χ2v) is 7.82. The molecule has 2 aromatic heterocycles. The fraction of sp³-hybridized carbons (Fsp3) is 0.474. The Kier molecular flexibility index (Phi) is 5.88. The first kappa shape index (κ1) is 18.9. The van der Waals surface area contributed by atoms with Crippen molar-refractivity contribution in [1.29, 1.82) is 5.26 Å². The van der Waals surface area contributed by atoms with Crippen LogP contribution < -0.4 is 15.1 Å². The van der Waals surface area contributed by atoms with Crippen molar-refractivity contribution < 1.29 is 4.74 Å². The SMILES string of the molecule is N#Cc1cc(Br)cnc1N1CCCC(Nc2ccnc(N3CCOCC3)n2)C1. The highest BCUT2D eigenvalue weighted by atomic mass is 79.9. The van der Waals surface area contributed by atoms with Crippen molar-refractivity contribution in [2.75, 3.05) is 54.5 Å². The van der Waals surface area contributed by atoms with Gasteiger partial charge in [0.15, 0.2) is 0 Å². The minimum absolute atomic E-state index is 0.234. The number of nitrogens with one attached hydrogen (secondary N) is 1. The molecule has 2 saturated heterocycles. The number of anilines is 3. The Morgan fingerprint density at radius 3 is 2.89 bits per heavy atom. The van der Waals surface area contributed by atoms with E-state index in [1.807, 2.05) is 12.1 Å². The highest BCUT2D eigenvalue weighted by molar-refractivity contribution is 9.10. The number of nitriles is 1. The zero-order valence-electron chi connectivity index (χ0n) is 15.5. The van der Waals surface area contributed by atoms with E-state index in [9.17, 15) is 5.26 Å². The quantitative estimate of drug-likeness (QED) is 0.769. The van der Waals surface area contributed by atoms with Crippen LogP contribution in [0.4, 0.5) is 17.6 Å². The van der Waals surface area contributed by atoms with E-state index < -0.39 is 0 Å². The standard InChI is InChI=1S/C19H22BrN7O/c20-15-10-14(11-21)18(23-12-15)27-5-1-2-16(13-27)24-17-3-4-22-19(25-17)26-6-8-28-9-7-26/h3-4,10,12,16H,1-2,5-9,13H2,(H,22,24,25). The number of rotatable bonds is 4. The normalized spacial score (nSPS) is 19.9. The van der Waals surface area contributed by atoms with Gasteiger partial charge in [0.2, 0.25) is 5.95 Å². The predicted molar refractivity (Wildman–Crippen MR) is 111 cm³/mol. The zero-order chi connectivity index (χ0) is 19.3. The Morgan fingerprint density at radius 2 is 2.07 bits per heavy atom. The van der Waals surface area contributed by atoms with Crippen molar-refractivity contribution in [1.82, 2.24) is 15.0 Å². The van der Waals surface area contributed by atoms with E-state index in [1.54, 1.807) is 12.4 Å². The molecule has 1 unspecified atom stereocenters. The van der Waals surface area contributed by atoms with Crippen LogP contribution in [-0.4, -0.2) is 60.4 Å². The van der Waals surface area contributed by atoms with Gasteiger partial charge in [-0.15, -0.1) is 0 Å². The van der Waals surface area contributed by atoms with Gasteiger partial charge in [0, 0.05) is 49.1 Å². The molecule has 0 amide bonds. The molecule has 0 radical (unpaired) electrons. The molecule has 0 aromatic carbocycles. The highest BCUT2D eigenvalue weighted by Crippen LogP contribution is 2.25. The van der Waals surface area contributed by atoms with E-state index in [0.717, 1.165) is 61.1 Å². The van der Waals surface area contributed by atoms with Gasteiger partial charge in [0.1, 0.15) is 17.7 Å². The molecule has 9 heteroatoms. The lowest BCUT2D eigenvalue weighted by atomic mass is 10.0. The first-order valence-electron chi connectivity index (χ1n) is 9.46. The van der Waals surface area contributed by atoms with E-state index in [4.69, 9.17) is 4.74 Å². The van der Waals surface area contributed by atoms with Crippen LogP contribution in [0.5, 0.6) is 0 Å². The molecule has 28 heavy (non-hydrogen) atoms. The lowest BCUT2D eigenvalue weighted by Crippen LogP contribution is -2.43. The molecule has 2 aliphatic rings. The zero-order valence-corrected chi connectivity index (χ0v) is 17.1. The summed E-state index contributed by atoms with van der Waals surface area (Å²) in [7, 11) is 0. The van der Waals surface area contributed by atoms with Crippen LogP contribution in [0.2, 0.25) is 0 Å². The summed E-state index contributed by atoms with van der Waals surface area (Å²) >= 11 is 3.39. The molecule has 1 N–H and O–H groups in total. The fourth-order valence-corrected chi connectivity index (χ4v) is 3.94. The smallest absolute Gasteiger partial charge is 0.227 e. The minimum atomic E-state index is 0.234. The molecule has 0 saturated carbocycles. The number of nitrogens with zero attached hydrogens (tertiary/aromatic N) is 6. The van der Waals surface area contributed by atoms with Crippen LogP contribution in [0.15, 0.2) is 29.0 Å². The Morgan fingerprint density at radius 1 is 1.21 bits per heavy atom. The van der Waals surface area contributed by atoms with Gasteiger partial charge in [0.05, 0.1) is 18.8 Å². The molecule has 8 nitrogen and oxygen atoms in total. The summed E-state index contributed by atoms with van der Waals surface area (Å²) in [4.78, 5) is 17.9. The van der Waals surface area contributed by atoms with Crippen LogP contribution in [0.1, 0.15) is 18.4 Å². The summed E-state index contributed by atoms with van der Waals surface area (Å²) in [6.45, 7) is 4.71. The van der Waals surface area contributed by atoms with E-state index in [2.05, 4.69) is 52.1 Å². The average Bonchev–Trinajstić information content (AvgIpc) is 2.74. The number of hydrogen-bond acceptors (Lipinski definition) is 8. The fourth-order valence-electron chi connectivity index (χ4n) is 3.61. The summed E-state index contributed by atoms with van der Waals surface area (Å²) in [5.41, 5.74) is 0.590. The number of hydrogen-bond donors (Lipinski definition) is 1. The topological polar surface area (TPSA) is 90.2 Å². The van der Waals surface area contributed by atoms with Crippen LogP contribution in [0.25, 0.3) is 0 Å². The van der Waals surface area contributed by atoms with Gasteiger partial charge >= 0.3 is 0 Å². The average molecular weight is 444 g/mol. The molecule has 0 bridgehead atoms. The summed E-state index contributed by atoms with van der Waals surface area (Å²) in [6, 6.07) is 6.21. The first-order valence-corrected chi connectivity index (χ1v) is 10.2. The molecule has 2 aromatic rings. The van der Waals surface area contributed by atoms with Crippen LogP contribution in [0, 0.1) is 11.3 Å². The van der Waals surface area contributed by atoms with Crippen molar-refractivity contribution in [3.05, 3.63) is 34.6 Å². The molecular weight excluding hydrogens is 422 g/mol. The van der Waals surface area contributed by atoms with E-state index in [1.165, 1.54) is 0 Å². The third-order valence-electron chi connectivity index (χ3n) is 4.96. The first-order chi connectivity index (χ1) is 13.7. The van der Waals surface area contributed by atoms with Crippen molar-refractivity contribution in [2.24, 2.45) is 0 Å². The number of piperidine rings is 1. The van der Waals surface area contributed by atoms with Crippen LogP contribution >= 0.6 is 15.9 Å². The maximum Gasteiger partial charge on any atom is 0.227 e. The summed E-state index contributed by atoms with van der Waals surface area (Å²) in [6.07, 6.45) is 5.62. The Labute approximate surface area is 172 Å². The number of pyridine rings is 1. The second kappa shape index (κ2) is 8.71. The highest BCUT2D eigenvalue weighted by Gasteiger charge is 2.23. The second-order valence-electron chi connectivity index (χ2n) is 6.91. The van der Waals surface area contributed by atoms with E-state index >= 15 is 0 Å². The van der Waals surface area contributed by atoms with E-state index in [0.29, 0.717) is 18.8 Å². The molecule has 0 aliphatic carbocycles. The monoisotopic (exact) mass is 443 g/mol. The lowest BCUT2D eigenvalue weighted by molar-refractivity contribution is 0.122. The molecule has 4 heterocycles. The number of morpholine rings is 1. The summed E-state index contributed by atoms with van der Waals surface area (Å²) in [5, 5.41) is 13.0. The van der Waals surface area contributed by atoms with Gasteiger partial charge in [-0.3, -0.25) is 0 Å². The van der Waals surface area contributed by atoms with Crippen molar-refractivity contribution in [3.8, 4) is 6.07 Å². The van der Waals surface area contributed by atoms with Gasteiger partial charge in [-0.2, -0.15) is 10.2 Å². The molecule has 2 fully saturated rings. The molecule has 1 atom stereocenters. The maximum absolute atomic E-state index is 9.45. The Hall–Kier alpha value is -2.44. The summed E-state index contributed by atoms with van der Waals surface area (Å²) < 4.78 is 6.22. The lowest BCUT2D eigenvalue weighted by Gasteiger charge is -2.34. The van der Waals surface area contributed by atoms with Crippen LogP contribution in [0.3, 0.4) is 0 Å². The van der Waals surface area contributed by atoms with Gasteiger partial charge in [-0.1, -0.05) is 0 Å². The molecule has 4 rings (SSSR count). The van der Waals surface area contributed by atoms with Crippen molar-refractivity contribution in [3.63, 3.8) is 0 Å². The minimum Gasteiger partial charge on any atom is -0.378 e. The maximum atomic E-state index is 9.45. The van der Waals surface area contributed by atoms with Gasteiger partial charge < -0.3 is 19.9 Å². The Bertz CT molecular complexity index is 866. The van der Waals surface area contributed by atoms with Crippen LogP contribution in [-0.2, 0) is 4.74 Å². The van der Waals surface area contributed by atoms with Gasteiger partial charge in [0.25, 0.3) is 0 Å². The number of halogens is 1. The van der Waals surface area contributed by atoms with Gasteiger partial charge in [-0.25, -0.2) is 9.97 Å². The van der Waals surface area contributed by atoms with Crippen molar-refractivity contribution >= 4 is 33.5 Å².